The normalized spacial score (nSPS) is 11.6. The molecule has 0 bridgehead atoms. The summed E-state index contributed by atoms with van der Waals surface area (Å²) < 4.78 is 18.6. The maximum Gasteiger partial charge on any atom is 0.252 e. The van der Waals surface area contributed by atoms with Crippen LogP contribution in [0.4, 0.5) is 4.39 Å². The zero-order valence-corrected chi connectivity index (χ0v) is 13.8. The van der Waals surface area contributed by atoms with E-state index in [2.05, 4.69) is 5.32 Å². The molecule has 0 heterocycles. The number of ether oxygens (including phenoxy) is 1. The van der Waals surface area contributed by atoms with E-state index < -0.39 is 5.82 Å². The number of carbonyl (C=O) groups is 1. The van der Waals surface area contributed by atoms with Crippen molar-refractivity contribution in [2.45, 2.75) is 6.04 Å². The number of amides is 1. The van der Waals surface area contributed by atoms with Crippen molar-refractivity contribution in [3.63, 3.8) is 0 Å². The lowest BCUT2D eigenvalue weighted by Gasteiger charge is -2.20. The molecule has 0 saturated carbocycles. The molecule has 0 aliphatic heterocycles. The lowest BCUT2D eigenvalue weighted by atomic mass is 9.98. The van der Waals surface area contributed by atoms with Gasteiger partial charge in [0.15, 0.2) is 0 Å². The Balaban J connectivity index is 1.92. The van der Waals surface area contributed by atoms with Crippen LogP contribution in [0.5, 0.6) is 5.75 Å². The third kappa shape index (κ3) is 4.04. The van der Waals surface area contributed by atoms with Crippen molar-refractivity contribution in [3.8, 4) is 5.75 Å². The molecular formula is C21H18FNO2. The van der Waals surface area contributed by atoms with Crippen molar-refractivity contribution in [3.05, 3.63) is 101 Å². The van der Waals surface area contributed by atoms with Crippen molar-refractivity contribution in [1.82, 2.24) is 5.32 Å². The van der Waals surface area contributed by atoms with Crippen molar-refractivity contribution in [1.29, 1.82) is 0 Å². The van der Waals surface area contributed by atoms with Gasteiger partial charge in [-0.05, 0) is 41.5 Å². The second kappa shape index (κ2) is 7.62. The summed E-state index contributed by atoms with van der Waals surface area (Å²) in [6.45, 7) is 0. The molecule has 0 spiro atoms. The Hall–Kier alpha value is -3.14. The van der Waals surface area contributed by atoms with Gasteiger partial charge in [0, 0.05) is 5.56 Å². The highest BCUT2D eigenvalue weighted by atomic mass is 19.1. The Labute approximate surface area is 146 Å². The van der Waals surface area contributed by atoms with E-state index >= 15 is 0 Å². The predicted octanol–water partition coefficient (Wildman–Crippen LogP) is 4.35. The van der Waals surface area contributed by atoms with Crippen LogP contribution in [-0.2, 0) is 0 Å². The Morgan fingerprint density at radius 3 is 2.24 bits per heavy atom. The first kappa shape index (κ1) is 16.7. The van der Waals surface area contributed by atoms with Crippen molar-refractivity contribution in [2.75, 3.05) is 7.11 Å². The molecule has 3 aromatic rings. The largest absolute Gasteiger partial charge is 0.497 e. The smallest absolute Gasteiger partial charge is 0.252 e. The van der Waals surface area contributed by atoms with Gasteiger partial charge in [-0.2, -0.15) is 0 Å². The van der Waals surface area contributed by atoms with Crippen LogP contribution in [0.25, 0.3) is 0 Å². The number of carbonyl (C=O) groups excluding carboxylic acids is 1. The minimum absolute atomic E-state index is 0.287. The van der Waals surface area contributed by atoms with E-state index in [0.717, 1.165) is 16.9 Å². The number of benzene rings is 3. The second-order valence-corrected chi connectivity index (χ2v) is 5.60. The first-order valence-corrected chi connectivity index (χ1v) is 7.92. The molecule has 0 aliphatic rings. The summed E-state index contributed by atoms with van der Waals surface area (Å²) in [5, 5.41) is 2.98. The topological polar surface area (TPSA) is 38.3 Å². The van der Waals surface area contributed by atoms with Crippen molar-refractivity contribution in [2.24, 2.45) is 0 Å². The Morgan fingerprint density at radius 2 is 1.60 bits per heavy atom. The molecule has 0 radical (unpaired) electrons. The Morgan fingerprint density at radius 1 is 0.920 bits per heavy atom. The minimum atomic E-state index is -0.437. The molecule has 126 valence electrons. The zero-order valence-electron chi connectivity index (χ0n) is 13.8. The molecule has 0 unspecified atom stereocenters. The van der Waals surface area contributed by atoms with Gasteiger partial charge in [0.1, 0.15) is 11.6 Å². The summed E-state index contributed by atoms with van der Waals surface area (Å²) in [6, 6.07) is 22.5. The number of nitrogens with one attached hydrogen (secondary N) is 1. The van der Waals surface area contributed by atoms with Crippen LogP contribution in [0.2, 0.25) is 0 Å². The first-order valence-electron chi connectivity index (χ1n) is 7.92. The molecule has 25 heavy (non-hydrogen) atoms. The highest BCUT2D eigenvalue weighted by Crippen LogP contribution is 2.24. The molecule has 1 N–H and O–H groups in total. The summed E-state index contributed by atoms with van der Waals surface area (Å²) >= 11 is 0. The summed E-state index contributed by atoms with van der Waals surface area (Å²) in [5.41, 5.74) is 2.14. The summed E-state index contributed by atoms with van der Waals surface area (Å²) in [5.74, 6) is -0.0236. The average molecular weight is 335 g/mol. The van der Waals surface area contributed by atoms with E-state index in [1.165, 1.54) is 18.2 Å². The van der Waals surface area contributed by atoms with Gasteiger partial charge in [-0.3, -0.25) is 4.79 Å². The minimum Gasteiger partial charge on any atom is -0.497 e. The number of methoxy groups -OCH3 is 1. The number of rotatable bonds is 5. The van der Waals surface area contributed by atoms with Crippen LogP contribution in [-0.4, -0.2) is 13.0 Å². The standard InChI is InChI=1S/C21H18FNO2/c1-25-19-12-10-16(11-13-19)20(15-6-3-2-4-7-15)23-21(24)17-8-5-9-18(22)14-17/h2-14,20H,1H3,(H,23,24)/t20-/m1/s1. The molecule has 0 saturated heterocycles. The van der Waals surface area contributed by atoms with Crippen LogP contribution < -0.4 is 10.1 Å². The third-order valence-electron chi connectivity index (χ3n) is 3.94. The molecule has 3 nitrogen and oxygen atoms in total. The fourth-order valence-corrected chi connectivity index (χ4v) is 2.65. The van der Waals surface area contributed by atoms with Gasteiger partial charge >= 0.3 is 0 Å². The third-order valence-corrected chi connectivity index (χ3v) is 3.94. The van der Waals surface area contributed by atoms with Crippen LogP contribution in [0.15, 0.2) is 78.9 Å². The molecule has 1 amide bonds. The monoisotopic (exact) mass is 335 g/mol. The number of hydrogen-bond donors (Lipinski definition) is 1. The molecule has 4 heteroatoms. The van der Waals surface area contributed by atoms with E-state index in [9.17, 15) is 9.18 Å². The maximum atomic E-state index is 13.4. The van der Waals surface area contributed by atoms with Gasteiger partial charge in [0.05, 0.1) is 13.2 Å². The highest BCUT2D eigenvalue weighted by molar-refractivity contribution is 5.94. The first-order chi connectivity index (χ1) is 12.2. The van der Waals surface area contributed by atoms with Gasteiger partial charge in [0.2, 0.25) is 0 Å². The zero-order chi connectivity index (χ0) is 17.6. The average Bonchev–Trinajstić information content (AvgIpc) is 2.67. The molecule has 3 rings (SSSR count). The quantitative estimate of drug-likeness (QED) is 0.752. The van der Waals surface area contributed by atoms with E-state index in [1.54, 1.807) is 13.2 Å². The van der Waals surface area contributed by atoms with Crippen LogP contribution in [0.1, 0.15) is 27.5 Å². The highest BCUT2D eigenvalue weighted by Gasteiger charge is 2.18. The van der Waals surface area contributed by atoms with Crippen molar-refractivity contribution >= 4 is 5.91 Å². The summed E-state index contributed by atoms with van der Waals surface area (Å²) in [6.07, 6.45) is 0. The Kier molecular flexibility index (Phi) is 5.09. The SMILES string of the molecule is COc1ccc([C@H](NC(=O)c2cccc(F)c2)c2ccccc2)cc1. The van der Waals surface area contributed by atoms with Crippen LogP contribution in [0, 0.1) is 5.82 Å². The Bertz CT molecular complexity index is 847. The molecular weight excluding hydrogens is 317 g/mol. The fourth-order valence-electron chi connectivity index (χ4n) is 2.65. The molecule has 0 aromatic heterocycles. The van der Waals surface area contributed by atoms with Gasteiger partial charge in [0.25, 0.3) is 5.91 Å². The summed E-state index contributed by atoms with van der Waals surface area (Å²) in [4.78, 5) is 12.6. The van der Waals surface area contributed by atoms with E-state index in [0.29, 0.717) is 0 Å². The molecule has 3 aromatic carbocycles. The van der Waals surface area contributed by atoms with Crippen LogP contribution in [0.3, 0.4) is 0 Å². The second-order valence-electron chi connectivity index (χ2n) is 5.60. The molecule has 0 aliphatic carbocycles. The maximum absolute atomic E-state index is 13.4. The van der Waals surface area contributed by atoms with E-state index in [1.807, 2.05) is 54.6 Å². The van der Waals surface area contributed by atoms with Crippen LogP contribution >= 0.6 is 0 Å². The van der Waals surface area contributed by atoms with Gasteiger partial charge in [-0.25, -0.2) is 4.39 Å². The summed E-state index contributed by atoms with van der Waals surface area (Å²) in [7, 11) is 1.61. The van der Waals surface area contributed by atoms with Gasteiger partial charge in [-0.1, -0.05) is 48.5 Å². The van der Waals surface area contributed by atoms with Gasteiger partial charge < -0.3 is 10.1 Å². The lowest BCUT2D eigenvalue weighted by Crippen LogP contribution is -2.29. The predicted molar refractivity (Wildman–Crippen MR) is 95.1 cm³/mol. The number of halogens is 1. The lowest BCUT2D eigenvalue weighted by molar-refractivity contribution is 0.0942. The van der Waals surface area contributed by atoms with E-state index in [-0.39, 0.29) is 17.5 Å². The van der Waals surface area contributed by atoms with E-state index in [4.69, 9.17) is 4.74 Å². The molecule has 0 fully saturated rings. The van der Waals surface area contributed by atoms with Crippen molar-refractivity contribution < 1.29 is 13.9 Å². The molecule has 1 atom stereocenters. The van der Waals surface area contributed by atoms with Gasteiger partial charge in [-0.15, -0.1) is 0 Å². The number of hydrogen-bond acceptors (Lipinski definition) is 2. The fraction of sp³-hybridized carbons (Fsp3) is 0.0952.